The molecule has 34 heavy (non-hydrogen) atoms. The second kappa shape index (κ2) is 10.3. The third-order valence-electron chi connectivity index (χ3n) is 4.73. The van der Waals surface area contributed by atoms with E-state index in [0.29, 0.717) is 21.9 Å². The summed E-state index contributed by atoms with van der Waals surface area (Å²) in [5.41, 5.74) is -0.0466. The molecule has 3 aromatic carbocycles. The van der Waals surface area contributed by atoms with E-state index in [0.717, 1.165) is 18.4 Å². The average Bonchev–Trinajstić information content (AvgIpc) is 2.77. The highest BCUT2D eigenvalue weighted by molar-refractivity contribution is 7.92. The summed E-state index contributed by atoms with van der Waals surface area (Å²) in [6.45, 7) is 1.31. The molecular formula is C23H21ClF2N2O5S. The normalized spacial score (nSPS) is 12.1. The fraction of sp³-hybridized carbons (Fsp3) is 0.174. The molecule has 0 heterocycles. The van der Waals surface area contributed by atoms with Gasteiger partial charge in [-0.3, -0.25) is 9.10 Å². The number of para-hydroxylation sites is 2. The monoisotopic (exact) mass is 510 g/mol. The second-order valence-electron chi connectivity index (χ2n) is 7.22. The number of hydrogen-bond donors (Lipinski definition) is 1. The molecule has 0 fully saturated rings. The minimum Gasteiger partial charge on any atom is -0.493 e. The highest BCUT2D eigenvalue weighted by Crippen LogP contribution is 2.36. The van der Waals surface area contributed by atoms with Gasteiger partial charge < -0.3 is 14.8 Å². The largest absolute Gasteiger partial charge is 0.493 e. The summed E-state index contributed by atoms with van der Waals surface area (Å²) in [7, 11) is -2.57. The lowest BCUT2D eigenvalue weighted by molar-refractivity contribution is -0.116. The van der Waals surface area contributed by atoms with Crippen molar-refractivity contribution in [2.24, 2.45) is 0 Å². The number of nitrogens with zero attached hydrogens (tertiary/aromatic N) is 1. The van der Waals surface area contributed by atoms with Gasteiger partial charge in [-0.1, -0.05) is 23.7 Å². The van der Waals surface area contributed by atoms with Gasteiger partial charge in [0.05, 0.1) is 24.7 Å². The number of amides is 1. The molecule has 1 atom stereocenters. The first-order chi connectivity index (χ1) is 16.0. The first-order valence-corrected chi connectivity index (χ1v) is 12.1. The molecule has 1 N–H and O–H groups in total. The summed E-state index contributed by atoms with van der Waals surface area (Å²) in [6, 6.07) is 12.6. The number of benzene rings is 3. The lowest BCUT2D eigenvalue weighted by atomic mass is 10.2. The molecule has 0 bridgehead atoms. The van der Waals surface area contributed by atoms with Crippen LogP contribution in [-0.2, 0) is 14.8 Å². The van der Waals surface area contributed by atoms with E-state index in [2.05, 4.69) is 5.32 Å². The number of sulfonamides is 1. The molecule has 1 unspecified atom stereocenters. The molecule has 11 heteroatoms. The van der Waals surface area contributed by atoms with Crippen molar-refractivity contribution < 1.29 is 31.5 Å². The fourth-order valence-corrected chi connectivity index (χ4v) is 4.52. The smallest absolute Gasteiger partial charge is 0.248 e. The Morgan fingerprint density at radius 3 is 2.29 bits per heavy atom. The van der Waals surface area contributed by atoms with Gasteiger partial charge in [0.25, 0.3) is 0 Å². The number of nitrogens with one attached hydrogen (secondary N) is 1. The number of ether oxygens (including phenoxy) is 2. The summed E-state index contributed by atoms with van der Waals surface area (Å²) in [5, 5.41) is 2.88. The van der Waals surface area contributed by atoms with E-state index in [1.807, 2.05) is 0 Å². The number of anilines is 2. The molecule has 0 aliphatic rings. The van der Waals surface area contributed by atoms with E-state index < -0.39 is 33.6 Å². The van der Waals surface area contributed by atoms with Crippen LogP contribution in [0, 0.1) is 11.6 Å². The number of carbonyl (C=O) groups excluding carboxylic acids is 1. The standard InChI is InChI=1S/C23H21ClF2N2O5S/c1-14(28(34(3,30)31)16-9-10-17(25)18(26)13-16)23(29)27-19-12-15(24)8-11-20(19)33-22-7-5-4-6-21(22)32-2/h4-14H,1-3H3,(H,27,29). The number of carbonyl (C=O) groups is 1. The third kappa shape index (κ3) is 5.75. The minimum atomic E-state index is -4.05. The van der Waals surface area contributed by atoms with Crippen molar-refractivity contribution in [3.63, 3.8) is 0 Å². The maximum absolute atomic E-state index is 13.8. The van der Waals surface area contributed by atoms with Crippen LogP contribution in [0.15, 0.2) is 60.7 Å². The van der Waals surface area contributed by atoms with Crippen molar-refractivity contribution >= 4 is 38.9 Å². The van der Waals surface area contributed by atoms with Crippen LogP contribution in [0.5, 0.6) is 17.2 Å². The maximum Gasteiger partial charge on any atom is 0.248 e. The molecule has 3 rings (SSSR count). The van der Waals surface area contributed by atoms with E-state index in [1.54, 1.807) is 30.3 Å². The van der Waals surface area contributed by atoms with Crippen molar-refractivity contribution in [3.05, 3.63) is 77.3 Å². The number of halogens is 3. The van der Waals surface area contributed by atoms with Crippen LogP contribution in [0.4, 0.5) is 20.2 Å². The molecule has 7 nitrogen and oxygen atoms in total. The van der Waals surface area contributed by atoms with Crippen molar-refractivity contribution in [1.82, 2.24) is 0 Å². The first kappa shape index (κ1) is 25.3. The summed E-state index contributed by atoms with van der Waals surface area (Å²) in [5.74, 6) is -2.12. The summed E-state index contributed by atoms with van der Waals surface area (Å²) >= 11 is 6.09. The fourth-order valence-electron chi connectivity index (χ4n) is 3.18. The predicted octanol–water partition coefficient (Wildman–Crippen LogP) is 5.21. The van der Waals surface area contributed by atoms with Gasteiger partial charge in [-0.05, 0) is 49.4 Å². The first-order valence-electron chi connectivity index (χ1n) is 9.87. The van der Waals surface area contributed by atoms with Crippen LogP contribution < -0.4 is 19.1 Å². The van der Waals surface area contributed by atoms with Crippen LogP contribution in [-0.4, -0.2) is 33.7 Å². The number of hydrogen-bond acceptors (Lipinski definition) is 5. The quantitative estimate of drug-likeness (QED) is 0.449. The van der Waals surface area contributed by atoms with Gasteiger partial charge in [-0.15, -0.1) is 0 Å². The van der Waals surface area contributed by atoms with E-state index >= 15 is 0 Å². The zero-order chi connectivity index (χ0) is 25.0. The van der Waals surface area contributed by atoms with E-state index in [9.17, 15) is 22.0 Å². The molecule has 0 radical (unpaired) electrons. The van der Waals surface area contributed by atoms with Crippen molar-refractivity contribution in [2.75, 3.05) is 23.0 Å². The van der Waals surface area contributed by atoms with Gasteiger partial charge >= 0.3 is 0 Å². The molecule has 0 aliphatic carbocycles. The molecule has 1 amide bonds. The highest BCUT2D eigenvalue weighted by atomic mass is 35.5. The molecule has 0 saturated carbocycles. The molecular weight excluding hydrogens is 490 g/mol. The molecule has 3 aromatic rings. The van der Waals surface area contributed by atoms with Crippen LogP contribution in [0.2, 0.25) is 5.02 Å². The van der Waals surface area contributed by atoms with Gasteiger partial charge in [-0.25, -0.2) is 17.2 Å². The lowest BCUT2D eigenvalue weighted by Gasteiger charge is -2.28. The zero-order valence-corrected chi connectivity index (χ0v) is 20.0. The minimum absolute atomic E-state index is 0.161. The molecule has 0 saturated heterocycles. The molecule has 0 aliphatic heterocycles. The van der Waals surface area contributed by atoms with Gasteiger partial charge in [0.15, 0.2) is 28.9 Å². The Morgan fingerprint density at radius 1 is 1.00 bits per heavy atom. The summed E-state index contributed by atoms with van der Waals surface area (Å²) in [4.78, 5) is 13.1. The molecule has 180 valence electrons. The Hall–Kier alpha value is -3.37. The van der Waals surface area contributed by atoms with Crippen molar-refractivity contribution in [1.29, 1.82) is 0 Å². The maximum atomic E-state index is 13.8. The van der Waals surface area contributed by atoms with Gasteiger partial charge in [0.2, 0.25) is 15.9 Å². The van der Waals surface area contributed by atoms with Crippen LogP contribution >= 0.6 is 11.6 Å². The van der Waals surface area contributed by atoms with Gasteiger partial charge in [0.1, 0.15) is 6.04 Å². The number of methoxy groups -OCH3 is 1. The third-order valence-corrected chi connectivity index (χ3v) is 6.21. The number of rotatable bonds is 8. The highest BCUT2D eigenvalue weighted by Gasteiger charge is 2.30. The predicted molar refractivity (Wildman–Crippen MR) is 126 cm³/mol. The Morgan fingerprint density at radius 2 is 1.68 bits per heavy atom. The van der Waals surface area contributed by atoms with E-state index in [1.165, 1.54) is 26.2 Å². The van der Waals surface area contributed by atoms with Crippen LogP contribution in [0.3, 0.4) is 0 Å². The molecule has 0 aromatic heterocycles. The molecule has 0 spiro atoms. The van der Waals surface area contributed by atoms with E-state index in [4.69, 9.17) is 21.1 Å². The van der Waals surface area contributed by atoms with Crippen LogP contribution in [0.25, 0.3) is 0 Å². The average molecular weight is 511 g/mol. The van der Waals surface area contributed by atoms with Crippen molar-refractivity contribution in [2.45, 2.75) is 13.0 Å². The SMILES string of the molecule is COc1ccccc1Oc1ccc(Cl)cc1NC(=O)C(C)N(c1ccc(F)c(F)c1)S(C)(=O)=O. The second-order valence-corrected chi connectivity index (χ2v) is 9.51. The van der Waals surface area contributed by atoms with Crippen molar-refractivity contribution in [3.8, 4) is 17.2 Å². The van der Waals surface area contributed by atoms with Gasteiger partial charge in [0, 0.05) is 11.1 Å². The summed E-state index contributed by atoms with van der Waals surface area (Å²) in [6.07, 6.45) is 0.855. The zero-order valence-electron chi connectivity index (χ0n) is 18.4. The Labute approximate surface area is 200 Å². The van der Waals surface area contributed by atoms with Crippen LogP contribution in [0.1, 0.15) is 6.92 Å². The lowest BCUT2D eigenvalue weighted by Crippen LogP contribution is -2.45. The topological polar surface area (TPSA) is 84.9 Å². The van der Waals surface area contributed by atoms with Gasteiger partial charge in [-0.2, -0.15) is 0 Å². The summed E-state index contributed by atoms with van der Waals surface area (Å²) < 4.78 is 63.8. The Balaban J connectivity index is 1.93. The Kier molecular flexibility index (Phi) is 7.63. The van der Waals surface area contributed by atoms with E-state index in [-0.39, 0.29) is 22.1 Å². The Bertz CT molecular complexity index is 1320.